The van der Waals surface area contributed by atoms with Gasteiger partial charge in [-0.1, -0.05) is 13.0 Å². The zero-order chi connectivity index (χ0) is 14.0. The van der Waals surface area contributed by atoms with Crippen molar-refractivity contribution in [3.63, 3.8) is 0 Å². The van der Waals surface area contributed by atoms with Crippen LogP contribution < -0.4 is 5.32 Å². The molecule has 2 rings (SSSR count). The van der Waals surface area contributed by atoms with Crippen LogP contribution in [0.4, 0.5) is 13.2 Å². The molecule has 2 nitrogen and oxygen atoms in total. The van der Waals surface area contributed by atoms with Crippen molar-refractivity contribution < 1.29 is 17.6 Å². The van der Waals surface area contributed by atoms with E-state index in [9.17, 15) is 13.2 Å². The molecule has 0 aliphatic carbocycles. The van der Waals surface area contributed by atoms with Crippen LogP contribution in [0.25, 0.3) is 0 Å². The fraction of sp³-hybridized carbons (Fsp3) is 0.286. The Morgan fingerprint density at radius 2 is 1.84 bits per heavy atom. The zero-order valence-corrected chi connectivity index (χ0v) is 10.6. The van der Waals surface area contributed by atoms with E-state index in [1.807, 2.05) is 6.92 Å². The predicted octanol–water partition coefficient (Wildman–Crippen LogP) is 3.70. The summed E-state index contributed by atoms with van der Waals surface area (Å²) in [7, 11) is 0. The molecule has 19 heavy (non-hydrogen) atoms. The summed E-state index contributed by atoms with van der Waals surface area (Å²) in [4.78, 5) is 0. The van der Waals surface area contributed by atoms with E-state index in [0.29, 0.717) is 17.9 Å². The first kappa shape index (κ1) is 13.7. The van der Waals surface area contributed by atoms with E-state index in [0.717, 1.165) is 6.07 Å². The molecule has 5 heteroatoms. The van der Waals surface area contributed by atoms with Gasteiger partial charge < -0.3 is 9.73 Å². The Hall–Kier alpha value is -1.75. The number of aryl methyl sites for hydroxylation is 1. The third kappa shape index (κ3) is 2.51. The minimum atomic E-state index is -1.46. The highest BCUT2D eigenvalue weighted by Gasteiger charge is 2.23. The van der Waals surface area contributed by atoms with Gasteiger partial charge in [-0.25, -0.2) is 13.2 Å². The fourth-order valence-electron chi connectivity index (χ4n) is 2.05. The Labute approximate surface area is 109 Å². The summed E-state index contributed by atoms with van der Waals surface area (Å²) >= 11 is 0. The summed E-state index contributed by atoms with van der Waals surface area (Å²) in [6.07, 6.45) is 1.48. The van der Waals surface area contributed by atoms with Crippen LogP contribution in [-0.2, 0) is 0 Å². The van der Waals surface area contributed by atoms with Crippen LogP contribution in [0.2, 0.25) is 0 Å². The smallest absolute Gasteiger partial charge is 0.194 e. The number of halogens is 3. The Kier molecular flexibility index (Phi) is 3.95. The van der Waals surface area contributed by atoms with Crippen molar-refractivity contribution in [2.24, 2.45) is 0 Å². The Morgan fingerprint density at radius 3 is 2.42 bits per heavy atom. The monoisotopic (exact) mass is 269 g/mol. The van der Waals surface area contributed by atoms with Gasteiger partial charge in [0.2, 0.25) is 0 Å². The maximum atomic E-state index is 13.9. The van der Waals surface area contributed by atoms with E-state index in [-0.39, 0.29) is 5.56 Å². The molecule has 0 saturated heterocycles. The number of nitrogens with one attached hydrogen (secondary N) is 1. The van der Waals surface area contributed by atoms with E-state index >= 15 is 0 Å². The maximum Gasteiger partial charge on any atom is 0.194 e. The van der Waals surface area contributed by atoms with Crippen molar-refractivity contribution in [2.75, 3.05) is 6.54 Å². The largest absolute Gasteiger partial charge is 0.469 e. The third-order valence-electron chi connectivity index (χ3n) is 2.99. The molecule has 1 heterocycles. The predicted molar refractivity (Wildman–Crippen MR) is 65.3 cm³/mol. The molecule has 0 radical (unpaired) electrons. The highest BCUT2D eigenvalue weighted by atomic mass is 19.2. The van der Waals surface area contributed by atoms with E-state index in [4.69, 9.17) is 4.42 Å². The molecule has 1 aromatic carbocycles. The molecule has 0 bridgehead atoms. The Balaban J connectivity index is 2.52. The molecule has 0 amide bonds. The lowest BCUT2D eigenvalue weighted by Gasteiger charge is -2.19. The zero-order valence-electron chi connectivity index (χ0n) is 10.6. The van der Waals surface area contributed by atoms with Gasteiger partial charge in [0.25, 0.3) is 0 Å². The third-order valence-corrected chi connectivity index (χ3v) is 2.99. The van der Waals surface area contributed by atoms with Crippen LogP contribution in [-0.4, -0.2) is 6.54 Å². The molecule has 0 aliphatic rings. The molecule has 0 spiro atoms. The van der Waals surface area contributed by atoms with E-state index < -0.39 is 23.5 Å². The second kappa shape index (κ2) is 5.48. The van der Waals surface area contributed by atoms with Gasteiger partial charge in [0, 0.05) is 11.1 Å². The summed E-state index contributed by atoms with van der Waals surface area (Å²) in [6.45, 7) is 4.13. The van der Waals surface area contributed by atoms with Crippen LogP contribution in [0.3, 0.4) is 0 Å². The van der Waals surface area contributed by atoms with Crippen molar-refractivity contribution in [3.8, 4) is 0 Å². The summed E-state index contributed by atoms with van der Waals surface area (Å²) in [6, 6.07) is 3.28. The van der Waals surface area contributed by atoms with Crippen molar-refractivity contribution in [3.05, 3.63) is 58.8 Å². The first-order chi connectivity index (χ1) is 9.06. The molecule has 102 valence electrons. The molecule has 0 aliphatic heterocycles. The molecular formula is C14H14F3NO. The summed E-state index contributed by atoms with van der Waals surface area (Å²) in [5.41, 5.74) is 0.761. The maximum absolute atomic E-state index is 13.9. The second-order valence-electron chi connectivity index (χ2n) is 4.19. The van der Waals surface area contributed by atoms with Crippen LogP contribution in [0.1, 0.15) is 29.9 Å². The summed E-state index contributed by atoms with van der Waals surface area (Å²) in [5.74, 6) is -3.22. The van der Waals surface area contributed by atoms with Crippen LogP contribution >= 0.6 is 0 Å². The van der Waals surface area contributed by atoms with Gasteiger partial charge in [-0.05, 0) is 25.6 Å². The highest BCUT2D eigenvalue weighted by molar-refractivity contribution is 5.34. The van der Waals surface area contributed by atoms with Gasteiger partial charge in [-0.3, -0.25) is 0 Å². The first-order valence-electron chi connectivity index (χ1n) is 5.97. The lowest BCUT2D eigenvalue weighted by Crippen LogP contribution is -2.23. The Bertz CT molecular complexity index is 580. The van der Waals surface area contributed by atoms with Crippen molar-refractivity contribution >= 4 is 0 Å². The quantitative estimate of drug-likeness (QED) is 0.856. The van der Waals surface area contributed by atoms with Crippen LogP contribution in [0, 0.1) is 24.4 Å². The fourth-order valence-corrected chi connectivity index (χ4v) is 2.05. The van der Waals surface area contributed by atoms with Crippen molar-refractivity contribution in [1.29, 1.82) is 0 Å². The van der Waals surface area contributed by atoms with Gasteiger partial charge in [0.1, 0.15) is 5.76 Å². The Morgan fingerprint density at radius 1 is 1.11 bits per heavy atom. The number of rotatable bonds is 4. The van der Waals surface area contributed by atoms with Gasteiger partial charge in [0.15, 0.2) is 17.5 Å². The molecular weight excluding hydrogens is 255 g/mol. The average molecular weight is 269 g/mol. The lowest BCUT2D eigenvalue weighted by atomic mass is 9.98. The standard InChI is InChI=1S/C14H14F3NO/c1-3-18-14(9-6-7-19-8(9)2)10-4-5-11(15)13(17)12(10)16/h4-7,14,18H,3H2,1-2H3. The molecule has 1 aromatic heterocycles. The molecule has 0 saturated carbocycles. The van der Waals surface area contributed by atoms with Crippen LogP contribution in [0.5, 0.6) is 0 Å². The number of benzene rings is 1. The second-order valence-corrected chi connectivity index (χ2v) is 4.19. The van der Waals surface area contributed by atoms with Gasteiger partial charge >= 0.3 is 0 Å². The van der Waals surface area contributed by atoms with E-state index in [2.05, 4.69) is 5.32 Å². The molecule has 1 unspecified atom stereocenters. The molecule has 2 aromatic rings. The minimum absolute atomic E-state index is 0.0604. The first-order valence-corrected chi connectivity index (χ1v) is 5.97. The molecule has 1 N–H and O–H groups in total. The lowest BCUT2D eigenvalue weighted by molar-refractivity contribution is 0.432. The van der Waals surface area contributed by atoms with E-state index in [1.165, 1.54) is 12.3 Å². The normalized spacial score (nSPS) is 12.7. The number of hydrogen-bond acceptors (Lipinski definition) is 2. The van der Waals surface area contributed by atoms with Gasteiger partial charge in [0.05, 0.1) is 12.3 Å². The summed E-state index contributed by atoms with van der Waals surface area (Å²) < 4.78 is 45.4. The van der Waals surface area contributed by atoms with Crippen molar-refractivity contribution in [2.45, 2.75) is 19.9 Å². The van der Waals surface area contributed by atoms with Crippen LogP contribution in [0.15, 0.2) is 28.9 Å². The van der Waals surface area contributed by atoms with Crippen molar-refractivity contribution in [1.82, 2.24) is 5.32 Å². The molecule has 1 atom stereocenters. The number of furan rings is 1. The SMILES string of the molecule is CCNC(c1ccoc1C)c1ccc(F)c(F)c1F. The topological polar surface area (TPSA) is 25.2 Å². The highest BCUT2D eigenvalue weighted by Crippen LogP contribution is 2.29. The molecule has 0 fully saturated rings. The van der Waals surface area contributed by atoms with E-state index in [1.54, 1.807) is 13.0 Å². The summed E-state index contributed by atoms with van der Waals surface area (Å²) in [5, 5.41) is 3.04. The average Bonchev–Trinajstić information content (AvgIpc) is 2.80. The van der Waals surface area contributed by atoms with Gasteiger partial charge in [-0.15, -0.1) is 0 Å². The van der Waals surface area contributed by atoms with Gasteiger partial charge in [-0.2, -0.15) is 0 Å². The number of hydrogen-bond donors (Lipinski definition) is 1. The minimum Gasteiger partial charge on any atom is -0.469 e.